The van der Waals surface area contributed by atoms with Crippen molar-refractivity contribution >= 4 is 11.6 Å². The molecule has 144 valence electrons. The van der Waals surface area contributed by atoms with Crippen LogP contribution in [0.5, 0.6) is 0 Å². The van der Waals surface area contributed by atoms with Crippen LogP contribution in [0.25, 0.3) is 0 Å². The zero-order valence-electron chi connectivity index (χ0n) is 15.6. The minimum absolute atomic E-state index is 0.0730. The van der Waals surface area contributed by atoms with Gasteiger partial charge in [-0.3, -0.25) is 9.59 Å². The summed E-state index contributed by atoms with van der Waals surface area (Å²) in [6.45, 7) is 3.65. The third-order valence-electron chi connectivity index (χ3n) is 8.42. The maximum Gasteiger partial charge on any atom is 0.164 e. The van der Waals surface area contributed by atoms with Crippen LogP contribution in [0.1, 0.15) is 52.4 Å². The Hall–Kier alpha value is -1.04. The second-order valence-corrected chi connectivity index (χ2v) is 9.57. The number of Topliss-reactive ketones (excluding diaryl/α,β-unsaturated/α-hetero) is 1. The van der Waals surface area contributed by atoms with Gasteiger partial charge < -0.3 is 15.3 Å². The molecule has 5 heteroatoms. The first kappa shape index (κ1) is 18.3. The van der Waals surface area contributed by atoms with Gasteiger partial charge in [0.1, 0.15) is 6.61 Å². The number of aliphatic hydroxyl groups is 3. The van der Waals surface area contributed by atoms with Gasteiger partial charge in [-0.1, -0.05) is 19.4 Å². The van der Waals surface area contributed by atoms with E-state index in [1.807, 2.05) is 13.0 Å². The third-order valence-corrected chi connectivity index (χ3v) is 8.42. The quantitative estimate of drug-likeness (QED) is 0.694. The number of fused-ring (bicyclic) bond motifs is 5. The van der Waals surface area contributed by atoms with Crippen molar-refractivity contribution in [1.29, 1.82) is 0 Å². The van der Waals surface area contributed by atoms with E-state index in [9.17, 15) is 24.9 Å². The van der Waals surface area contributed by atoms with Gasteiger partial charge >= 0.3 is 0 Å². The lowest BCUT2D eigenvalue weighted by molar-refractivity contribution is -0.148. The molecular weight excluding hydrogens is 332 g/mol. The Kier molecular flexibility index (Phi) is 4.22. The lowest BCUT2D eigenvalue weighted by atomic mass is 9.46. The summed E-state index contributed by atoms with van der Waals surface area (Å²) in [6, 6.07) is 0. The molecular formula is C21H30O5. The van der Waals surface area contributed by atoms with Crippen LogP contribution in [0.4, 0.5) is 0 Å². The summed E-state index contributed by atoms with van der Waals surface area (Å²) < 4.78 is 0. The van der Waals surface area contributed by atoms with Gasteiger partial charge in [0.15, 0.2) is 11.6 Å². The molecule has 0 heterocycles. The molecule has 0 aromatic carbocycles. The topological polar surface area (TPSA) is 94.8 Å². The van der Waals surface area contributed by atoms with E-state index in [4.69, 9.17) is 0 Å². The highest BCUT2D eigenvalue weighted by molar-refractivity contribution is 5.91. The average molecular weight is 362 g/mol. The van der Waals surface area contributed by atoms with Crippen LogP contribution >= 0.6 is 0 Å². The van der Waals surface area contributed by atoms with Gasteiger partial charge in [0.25, 0.3) is 0 Å². The van der Waals surface area contributed by atoms with Crippen molar-refractivity contribution in [3.63, 3.8) is 0 Å². The molecule has 3 N–H and O–H groups in total. The summed E-state index contributed by atoms with van der Waals surface area (Å²) in [7, 11) is 0. The lowest BCUT2D eigenvalue weighted by Crippen LogP contribution is -2.57. The summed E-state index contributed by atoms with van der Waals surface area (Å²) >= 11 is 0. The zero-order valence-corrected chi connectivity index (χ0v) is 15.6. The number of aliphatic hydroxyl groups excluding tert-OH is 3. The molecule has 0 spiro atoms. The lowest BCUT2D eigenvalue weighted by Gasteiger charge is -2.59. The zero-order chi connectivity index (χ0) is 18.9. The van der Waals surface area contributed by atoms with Crippen LogP contribution in [-0.2, 0) is 9.59 Å². The Bertz CT molecular complexity index is 669. The SMILES string of the molecule is C[C@]12C[C@H](O)[C@H]3[C@@H](CCC4=CC(=O)CC[C@@]43C)[C@@H]1C[C@@H](O)[C@@H]2C(=O)CO. The van der Waals surface area contributed by atoms with Crippen LogP contribution in [0.15, 0.2) is 11.6 Å². The van der Waals surface area contributed by atoms with E-state index < -0.39 is 30.1 Å². The molecule has 0 aliphatic heterocycles. The fourth-order valence-corrected chi connectivity index (χ4v) is 7.38. The van der Waals surface area contributed by atoms with Gasteiger partial charge in [-0.15, -0.1) is 0 Å². The summed E-state index contributed by atoms with van der Waals surface area (Å²) in [5.74, 6) is -0.225. The number of rotatable bonds is 2. The van der Waals surface area contributed by atoms with E-state index in [-0.39, 0.29) is 34.7 Å². The fraction of sp³-hybridized carbons (Fsp3) is 0.810. The van der Waals surface area contributed by atoms with Crippen LogP contribution in [-0.4, -0.2) is 45.7 Å². The van der Waals surface area contributed by atoms with Crippen molar-refractivity contribution < 1.29 is 24.9 Å². The standard InChI is InChI=1S/C21H30O5/c1-20-6-5-12(23)7-11(20)3-4-13-14-8-15(24)19(17(26)10-22)21(14,2)9-16(25)18(13)20/h7,13-16,18-19,22,24-25H,3-6,8-10H2,1-2H3/t13-,14-,15+,16-,18+,19+,20-,21-/m0/s1. The molecule has 8 atom stereocenters. The second-order valence-electron chi connectivity index (χ2n) is 9.57. The normalized spacial score (nSPS) is 50.5. The number of hydrogen-bond donors (Lipinski definition) is 3. The Morgan fingerprint density at radius 3 is 2.65 bits per heavy atom. The van der Waals surface area contributed by atoms with Gasteiger partial charge in [0.05, 0.1) is 18.1 Å². The van der Waals surface area contributed by atoms with Crippen LogP contribution in [0.2, 0.25) is 0 Å². The highest BCUT2D eigenvalue weighted by Gasteiger charge is 2.65. The summed E-state index contributed by atoms with van der Waals surface area (Å²) in [6.07, 6.45) is 4.61. The van der Waals surface area contributed by atoms with Gasteiger partial charge in [0.2, 0.25) is 0 Å². The number of hydrogen-bond acceptors (Lipinski definition) is 5. The molecule has 3 fully saturated rings. The minimum Gasteiger partial charge on any atom is -0.393 e. The van der Waals surface area contributed by atoms with Gasteiger partial charge in [-0.05, 0) is 66.8 Å². The largest absolute Gasteiger partial charge is 0.393 e. The molecule has 0 bridgehead atoms. The highest BCUT2D eigenvalue weighted by Crippen LogP contribution is 2.66. The van der Waals surface area contributed by atoms with Crippen molar-refractivity contribution in [3.8, 4) is 0 Å². The Labute approximate surface area is 154 Å². The van der Waals surface area contributed by atoms with Crippen molar-refractivity contribution in [2.45, 2.75) is 64.6 Å². The van der Waals surface area contributed by atoms with Crippen molar-refractivity contribution in [2.24, 2.45) is 34.5 Å². The van der Waals surface area contributed by atoms with E-state index in [2.05, 4.69) is 6.92 Å². The molecule has 4 aliphatic rings. The summed E-state index contributed by atoms with van der Waals surface area (Å²) in [5.41, 5.74) is 0.544. The van der Waals surface area contributed by atoms with E-state index >= 15 is 0 Å². The van der Waals surface area contributed by atoms with E-state index in [0.717, 1.165) is 19.3 Å². The highest BCUT2D eigenvalue weighted by atomic mass is 16.3. The molecule has 0 amide bonds. The Balaban J connectivity index is 1.73. The van der Waals surface area contributed by atoms with E-state index in [1.165, 1.54) is 5.57 Å². The first-order valence-corrected chi connectivity index (χ1v) is 9.96. The van der Waals surface area contributed by atoms with Crippen LogP contribution in [0.3, 0.4) is 0 Å². The number of ketones is 2. The molecule has 4 rings (SSSR count). The predicted octanol–water partition coefficient (Wildman–Crippen LogP) is 1.64. The van der Waals surface area contributed by atoms with Gasteiger partial charge in [-0.25, -0.2) is 0 Å². The van der Waals surface area contributed by atoms with Crippen molar-refractivity contribution in [3.05, 3.63) is 11.6 Å². The predicted molar refractivity (Wildman–Crippen MR) is 95.1 cm³/mol. The molecule has 0 saturated heterocycles. The molecule has 0 aromatic heterocycles. The Morgan fingerprint density at radius 1 is 1.23 bits per heavy atom. The first-order valence-electron chi connectivity index (χ1n) is 9.96. The van der Waals surface area contributed by atoms with E-state index in [0.29, 0.717) is 19.3 Å². The maximum absolute atomic E-state index is 12.3. The van der Waals surface area contributed by atoms with Gasteiger partial charge in [0, 0.05) is 6.42 Å². The first-order chi connectivity index (χ1) is 12.2. The Morgan fingerprint density at radius 2 is 1.96 bits per heavy atom. The van der Waals surface area contributed by atoms with Crippen LogP contribution in [0, 0.1) is 34.5 Å². The molecule has 4 aliphatic carbocycles. The van der Waals surface area contributed by atoms with Crippen molar-refractivity contribution in [2.75, 3.05) is 6.61 Å². The smallest absolute Gasteiger partial charge is 0.164 e. The van der Waals surface area contributed by atoms with Crippen molar-refractivity contribution in [1.82, 2.24) is 0 Å². The number of carbonyl (C=O) groups is 2. The summed E-state index contributed by atoms with van der Waals surface area (Å²) in [4.78, 5) is 24.2. The number of allylic oxidation sites excluding steroid dienone is 1. The average Bonchev–Trinajstić information content (AvgIpc) is 2.84. The maximum atomic E-state index is 12.3. The molecule has 0 aromatic rings. The minimum atomic E-state index is -0.742. The molecule has 3 saturated carbocycles. The second kappa shape index (κ2) is 5.98. The molecule has 0 radical (unpaired) electrons. The molecule has 5 nitrogen and oxygen atoms in total. The summed E-state index contributed by atoms with van der Waals surface area (Å²) in [5, 5.41) is 31.2. The molecule has 0 unspecified atom stereocenters. The van der Waals surface area contributed by atoms with E-state index in [1.54, 1.807) is 0 Å². The molecule has 26 heavy (non-hydrogen) atoms. The fourth-order valence-electron chi connectivity index (χ4n) is 7.38. The third kappa shape index (κ3) is 2.33. The number of carbonyl (C=O) groups excluding carboxylic acids is 2. The van der Waals surface area contributed by atoms with Crippen LogP contribution < -0.4 is 0 Å². The monoisotopic (exact) mass is 362 g/mol. The van der Waals surface area contributed by atoms with Gasteiger partial charge in [-0.2, -0.15) is 0 Å².